The zero-order chi connectivity index (χ0) is 16.2. The topological polar surface area (TPSA) is 108 Å². The van der Waals surface area contributed by atoms with E-state index in [1.54, 1.807) is 0 Å². The second-order valence-electron chi connectivity index (χ2n) is 4.51. The van der Waals surface area contributed by atoms with Gasteiger partial charge in [0.05, 0.1) is 5.25 Å². The molecular weight excluding hydrogens is 304 g/mol. The largest absolute Gasteiger partial charge is 0.463 e. The van der Waals surface area contributed by atoms with Gasteiger partial charge in [-0.25, -0.2) is 0 Å². The third-order valence-electron chi connectivity index (χ3n) is 2.69. The Morgan fingerprint density at radius 3 is 2.05 bits per heavy atom. The Morgan fingerprint density at radius 1 is 1.05 bits per heavy atom. The summed E-state index contributed by atoms with van der Waals surface area (Å²) >= 11 is 4.11. The number of aliphatic hydroxyl groups is 1. The number of hydrogen-bond acceptors (Lipinski definition) is 9. The van der Waals surface area contributed by atoms with Gasteiger partial charge in [-0.2, -0.15) is 12.6 Å². The van der Waals surface area contributed by atoms with Gasteiger partial charge in [0.1, 0.15) is 12.7 Å². The maximum Gasteiger partial charge on any atom is 0.303 e. The van der Waals surface area contributed by atoms with Gasteiger partial charge in [-0.15, -0.1) is 0 Å². The minimum atomic E-state index is -1.37. The summed E-state index contributed by atoms with van der Waals surface area (Å²) in [6, 6.07) is 0. The summed E-state index contributed by atoms with van der Waals surface area (Å²) in [4.78, 5) is 33.2. The second kappa shape index (κ2) is 7.62. The molecule has 1 rings (SSSR count). The molecule has 21 heavy (non-hydrogen) atoms. The Kier molecular flexibility index (Phi) is 6.43. The molecule has 0 spiro atoms. The van der Waals surface area contributed by atoms with Crippen molar-refractivity contribution in [3.63, 3.8) is 0 Å². The van der Waals surface area contributed by atoms with Crippen LogP contribution in [-0.4, -0.2) is 59.5 Å². The number of thiol groups is 1. The third kappa shape index (κ3) is 5.18. The summed E-state index contributed by atoms with van der Waals surface area (Å²) in [5.74, 6) is -1.83. The van der Waals surface area contributed by atoms with Crippen molar-refractivity contribution in [2.75, 3.05) is 6.61 Å². The number of aliphatic hydroxyl groups excluding tert-OH is 1. The Balaban J connectivity index is 2.94. The Morgan fingerprint density at radius 2 is 1.57 bits per heavy atom. The maximum atomic E-state index is 11.2. The van der Waals surface area contributed by atoms with Crippen LogP contribution in [0.25, 0.3) is 0 Å². The first-order valence-electron chi connectivity index (χ1n) is 6.21. The summed E-state index contributed by atoms with van der Waals surface area (Å²) in [5, 5.41) is 8.87. The number of rotatable bonds is 4. The first kappa shape index (κ1) is 17.7. The van der Waals surface area contributed by atoms with Crippen molar-refractivity contribution in [1.29, 1.82) is 0 Å². The van der Waals surface area contributed by atoms with Gasteiger partial charge in [-0.3, -0.25) is 14.4 Å². The summed E-state index contributed by atoms with van der Waals surface area (Å²) in [6.07, 6.45) is -4.42. The number of esters is 3. The van der Waals surface area contributed by atoms with E-state index in [1.165, 1.54) is 20.8 Å². The summed E-state index contributed by atoms with van der Waals surface area (Å²) < 4.78 is 20.1. The molecule has 0 aromatic rings. The van der Waals surface area contributed by atoms with Gasteiger partial charge in [-0.05, 0) is 0 Å². The molecule has 0 radical (unpaired) electrons. The lowest BCUT2D eigenvalue weighted by atomic mass is 10.0. The van der Waals surface area contributed by atoms with Gasteiger partial charge in [0, 0.05) is 20.8 Å². The first-order chi connectivity index (χ1) is 9.72. The molecule has 0 aliphatic carbocycles. The van der Waals surface area contributed by atoms with E-state index >= 15 is 0 Å². The van der Waals surface area contributed by atoms with Crippen molar-refractivity contribution in [2.45, 2.75) is 50.6 Å². The van der Waals surface area contributed by atoms with E-state index < -0.39 is 47.8 Å². The van der Waals surface area contributed by atoms with Crippen molar-refractivity contribution >= 4 is 30.5 Å². The molecule has 1 heterocycles. The standard InChI is InChI=1S/C12H18O8S/c1-5(13)17-4-8-9(18-6(2)14)10(19-7(3)15)11(21)12(16)20-8/h8-12,16,21H,4H2,1-3H3/t8-,9-,10+,11-,12-/m1/s1. The molecule has 1 aliphatic heterocycles. The predicted molar refractivity (Wildman–Crippen MR) is 71.4 cm³/mol. The molecule has 0 saturated carbocycles. The Hall–Kier alpha value is -1.32. The zero-order valence-electron chi connectivity index (χ0n) is 11.8. The van der Waals surface area contributed by atoms with Crippen molar-refractivity contribution in [3.05, 3.63) is 0 Å². The SMILES string of the molecule is CC(=O)OC[C@H]1O[C@@H](O)[C@H](S)[C@@H](OC(C)=O)[C@@H]1OC(C)=O. The van der Waals surface area contributed by atoms with E-state index in [0.717, 1.165) is 0 Å². The van der Waals surface area contributed by atoms with Crippen LogP contribution in [0.5, 0.6) is 0 Å². The van der Waals surface area contributed by atoms with Crippen LogP contribution in [0.15, 0.2) is 0 Å². The monoisotopic (exact) mass is 322 g/mol. The van der Waals surface area contributed by atoms with Gasteiger partial charge >= 0.3 is 17.9 Å². The molecular formula is C12H18O8S. The average molecular weight is 322 g/mol. The number of carbonyl (C=O) groups excluding carboxylic acids is 3. The highest BCUT2D eigenvalue weighted by Crippen LogP contribution is 2.28. The molecule has 120 valence electrons. The molecule has 0 unspecified atom stereocenters. The summed E-state index contributed by atoms with van der Waals surface area (Å²) in [7, 11) is 0. The van der Waals surface area contributed by atoms with Crippen LogP contribution in [0.3, 0.4) is 0 Å². The van der Waals surface area contributed by atoms with Crippen molar-refractivity contribution in [2.24, 2.45) is 0 Å². The molecule has 8 nitrogen and oxygen atoms in total. The number of ether oxygens (including phenoxy) is 4. The average Bonchev–Trinajstić information content (AvgIpc) is 2.35. The molecule has 0 aromatic carbocycles. The molecule has 1 N–H and O–H groups in total. The zero-order valence-corrected chi connectivity index (χ0v) is 12.7. The highest BCUT2D eigenvalue weighted by molar-refractivity contribution is 7.81. The van der Waals surface area contributed by atoms with E-state index in [9.17, 15) is 19.5 Å². The van der Waals surface area contributed by atoms with Crippen molar-refractivity contribution in [3.8, 4) is 0 Å². The maximum absolute atomic E-state index is 11.2. The molecule has 0 aromatic heterocycles. The van der Waals surface area contributed by atoms with Crippen LogP contribution in [0.1, 0.15) is 20.8 Å². The van der Waals surface area contributed by atoms with Crippen LogP contribution in [0.2, 0.25) is 0 Å². The van der Waals surface area contributed by atoms with Gasteiger partial charge < -0.3 is 24.1 Å². The summed E-state index contributed by atoms with van der Waals surface area (Å²) in [5.41, 5.74) is 0. The third-order valence-corrected chi connectivity index (χ3v) is 3.24. The minimum Gasteiger partial charge on any atom is -0.463 e. The fraction of sp³-hybridized carbons (Fsp3) is 0.750. The summed E-state index contributed by atoms with van der Waals surface area (Å²) in [6.45, 7) is 3.29. The predicted octanol–water partition coefficient (Wildman–Crippen LogP) is -0.572. The van der Waals surface area contributed by atoms with Gasteiger partial charge in [0.2, 0.25) is 0 Å². The van der Waals surface area contributed by atoms with E-state index in [0.29, 0.717) is 0 Å². The Labute approximate surface area is 127 Å². The second-order valence-corrected chi connectivity index (χ2v) is 5.10. The number of carbonyl (C=O) groups is 3. The lowest BCUT2D eigenvalue weighted by Crippen LogP contribution is -2.59. The van der Waals surface area contributed by atoms with Crippen LogP contribution in [-0.2, 0) is 33.3 Å². The van der Waals surface area contributed by atoms with Gasteiger partial charge in [0.25, 0.3) is 0 Å². The van der Waals surface area contributed by atoms with Crippen molar-refractivity contribution in [1.82, 2.24) is 0 Å². The van der Waals surface area contributed by atoms with Crippen molar-refractivity contribution < 1.29 is 38.4 Å². The fourth-order valence-electron chi connectivity index (χ4n) is 1.90. The number of hydrogen-bond donors (Lipinski definition) is 2. The van der Waals surface area contributed by atoms with Crippen LogP contribution >= 0.6 is 12.6 Å². The van der Waals surface area contributed by atoms with E-state index in [1.807, 2.05) is 0 Å². The van der Waals surface area contributed by atoms with Gasteiger partial charge in [0.15, 0.2) is 18.5 Å². The van der Waals surface area contributed by atoms with E-state index in [2.05, 4.69) is 12.6 Å². The van der Waals surface area contributed by atoms with E-state index in [-0.39, 0.29) is 6.61 Å². The van der Waals surface area contributed by atoms with Crippen LogP contribution in [0.4, 0.5) is 0 Å². The molecule has 0 bridgehead atoms. The highest BCUT2D eigenvalue weighted by atomic mass is 32.1. The molecule has 1 saturated heterocycles. The highest BCUT2D eigenvalue weighted by Gasteiger charge is 2.48. The van der Waals surface area contributed by atoms with Gasteiger partial charge in [-0.1, -0.05) is 0 Å². The lowest BCUT2D eigenvalue weighted by molar-refractivity contribution is -0.248. The smallest absolute Gasteiger partial charge is 0.303 e. The fourth-order valence-corrected chi connectivity index (χ4v) is 2.20. The molecule has 1 aliphatic rings. The first-order valence-corrected chi connectivity index (χ1v) is 6.73. The minimum absolute atomic E-state index is 0.261. The molecule has 9 heteroatoms. The quantitative estimate of drug-likeness (QED) is 0.402. The molecule has 1 fully saturated rings. The molecule has 0 amide bonds. The van der Waals surface area contributed by atoms with Crippen LogP contribution in [0, 0.1) is 0 Å². The lowest BCUT2D eigenvalue weighted by Gasteiger charge is -2.41. The molecule has 5 atom stereocenters. The van der Waals surface area contributed by atoms with E-state index in [4.69, 9.17) is 18.9 Å². The normalized spacial score (nSPS) is 32.1. The Bertz CT molecular complexity index is 412. The van der Waals surface area contributed by atoms with Crippen LogP contribution < -0.4 is 0 Å².